The topological polar surface area (TPSA) is 77.8 Å². The Balaban J connectivity index is 1.99. The van der Waals surface area contributed by atoms with Gasteiger partial charge in [0.1, 0.15) is 17.3 Å². The first-order valence-electron chi connectivity index (χ1n) is 7.91. The van der Waals surface area contributed by atoms with Crippen LogP contribution in [0.3, 0.4) is 0 Å². The molecule has 1 aromatic carbocycles. The van der Waals surface area contributed by atoms with Gasteiger partial charge in [-0.25, -0.2) is 0 Å². The Kier molecular flexibility index (Phi) is 6.86. The summed E-state index contributed by atoms with van der Waals surface area (Å²) in [6.07, 6.45) is 3.58. The zero-order valence-corrected chi connectivity index (χ0v) is 15.6. The van der Waals surface area contributed by atoms with E-state index in [2.05, 4.69) is 10.1 Å². The molecule has 0 aliphatic carbocycles. The number of anilines is 1. The Labute approximate surface area is 156 Å². The van der Waals surface area contributed by atoms with Gasteiger partial charge in [-0.1, -0.05) is 11.6 Å². The van der Waals surface area contributed by atoms with Crippen LogP contribution < -0.4 is 10.1 Å². The fourth-order valence-corrected chi connectivity index (χ4v) is 2.36. The zero-order chi connectivity index (χ0) is 19.1. The van der Waals surface area contributed by atoms with Gasteiger partial charge in [-0.15, -0.1) is 0 Å². The van der Waals surface area contributed by atoms with Gasteiger partial charge in [0, 0.05) is 23.6 Å². The predicted molar refractivity (Wildman–Crippen MR) is 99.4 cm³/mol. The van der Waals surface area contributed by atoms with Gasteiger partial charge < -0.3 is 19.2 Å². The molecular formula is C19H20ClNO5. The van der Waals surface area contributed by atoms with Crippen molar-refractivity contribution in [2.45, 2.75) is 19.8 Å². The van der Waals surface area contributed by atoms with E-state index >= 15 is 0 Å². The third kappa shape index (κ3) is 5.39. The largest absolute Gasteiger partial charge is 0.495 e. The van der Waals surface area contributed by atoms with Crippen LogP contribution in [-0.2, 0) is 20.7 Å². The van der Waals surface area contributed by atoms with Crippen LogP contribution in [0.2, 0.25) is 5.02 Å². The van der Waals surface area contributed by atoms with Crippen LogP contribution in [0.4, 0.5) is 5.69 Å². The number of methoxy groups -OCH3 is 2. The maximum atomic E-state index is 12.1. The number of rotatable bonds is 7. The number of esters is 1. The van der Waals surface area contributed by atoms with E-state index in [9.17, 15) is 9.59 Å². The Morgan fingerprint density at radius 3 is 2.73 bits per heavy atom. The molecule has 0 atom stereocenters. The predicted octanol–water partition coefficient (Wildman–Crippen LogP) is 4.01. The molecule has 1 amide bonds. The molecule has 1 heterocycles. The molecule has 0 unspecified atom stereocenters. The molecule has 26 heavy (non-hydrogen) atoms. The lowest BCUT2D eigenvalue weighted by Gasteiger charge is -2.11. The molecule has 0 aliphatic rings. The van der Waals surface area contributed by atoms with E-state index in [0.717, 1.165) is 5.56 Å². The Morgan fingerprint density at radius 2 is 2.04 bits per heavy atom. The van der Waals surface area contributed by atoms with Crippen molar-refractivity contribution in [1.29, 1.82) is 0 Å². The van der Waals surface area contributed by atoms with Crippen molar-refractivity contribution in [3.8, 4) is 5.75 Å². The smallest absolute Gasteiger partial charge is 0.305 e. The number of aryl methyl sites for hydroxylation is 2. The molecule has 2 aromatic rings. The molecule has 6 nitrogen and oxygen atoms in total. The number of amides is 1. The lowest BCUT2D eigenvalue weighted by atomic mass is 10.2. The van der Waals surface area contributed by atoms with Crippen LogP contribution in [0.15, 0.2) is 34.8 Å². The summed E-state index contributed by atoms with van der Waals surface area (Å²) in [5.41, 5.74) is 1.36. The molecule has 0 bridgehead atoms. The van der Waals surface area contributed by atoms with E-state index in [-0.39, 0.29) is 18.3 Å². The summed E-state index contributed by atoms with van der Waals surface area (Å²) in [5, 5.41) is 3.30. The minimum atomic E-state index is -0.336. The van der Waals surface area contributed by atoms with Crippen molar-refractivity contribution in [2.75, 3.05) is 19.5 Å². The summed E-state index contributed by atoms with van der Waals surface area (Å²) >= 11 is 6.05. The maximum Gasteiger partial charge on any atom is 0.305 e. The second kappa shape index (κ2) is 9.10. The summed E-state index contributed by atoms with van der Waals surface area (Å²) in [4.78, 5) is 23.3. The average Bonchev–Trinajstić information content (AvgIpc) is 3.08. The Hall–Kier alpha value is -2.73. The van der Waals surface area contributed by atoms with Crippen molar-refractivity contribution >= 4 is 35.2 Å². The minimum absolute atomic E-state index is 0.239. The first-order valence-corrected chi connectivity index (χ1v) is 8.29. The highest BCUT2D eigenvalue weighted by molar-refractivity contribution is 6.31. The fourth-order valence-electron chi connectivity index (χ4n) is 2.21. The van der Waals surface area contributed by atoms with Crippen LogP contribution in [-0.4, -0.2) is 26.1 Å². The molecule has 0 radical (unpaired) electrons. The standard InChI is InChI=1S/C19H20ClNO5/c1-12-10-16(17(24-2)11-15(12)20)21-18(22)8-6-13-4-5-14(26-13)7-9-19(23)25-3/h4-6,8,10-11H,7,9H2,1-3H3,(H,21,22)/b8-6+. The van der Waals surface area contributed by atoms with Crippen molar-refractivity contribution in [1.82, 2.24) is 0 Å². The quantitative estimate of drug-likeness (QED) is 0.582. The number of halogens is 1. The highest BCUT2D eigenvalue weighted by Crippen LogP contribution is 2.30. The monoisotopic (exact) mass is 377 g/mol. The van der Waals surface area contributed by atoms with E-state index in [1.807, 2.05) is 6.92 Å². The average molecular weight is 378 g/mol. The molecule has 2 rings (SSSR count). The summed E-state index contributed by atoms with van der Waals surface area (Å²) in [7, 11) is 2.85. The third-order valence-electron chi connectivity index (χ3n) is 3.62. The van der Waals surface area contributed by atoms with Crippen molar-refractivity contribution in [2.24, 2.45) is 0 Å². The maximum absolute atomic E-state index is 12.1. The number of hydrogen-bond donors (Lipinski definition) is 1. The minimum Gasteiger partial charge on any atom is -0.495 e. The van der Waals surface area contributed by atoms with E-state index in [1.165, 1.54) is 20.3 Å². The Morgan fingerprint density at radius 1 is 1.27 bits per heavy atom. The molecule has 0 saturated carbocycles. The van der Waals surface area contributed by atoms with E-state index in [4.69, 9.17) is 20.8 Å². The van der Waals surface area contributed by atoms with E-state index < -0.39 is 0 Å². The molecule has 0 spiro atoms. The van der Waals surface area contributed by atoms with Gasteiger partial charge in [-0.3, -0.25) is 9.59 Å². The third-order valence-corrected chi connectivity index (χ3v) is 4.03. The summed E-state index contributed by atoms with van der Waals surface area (Å²) in [5.74, 6) is 0.998. The molecule has 0 aliphatic heterocycles. The molecule has 1 aromatic heterocycles. The number of benzene rings is 1. The second-order valence-electron chi connectivity index (χ2n) is 5.50. The molecule has 7 heteroatoms. The molecule has 1 N–H and O–H groups in total. The number of carbonyl (C=O) groups excluding carboxylic acids is 2. The zero-order valence-electron chi connectivity index (χ0n) is 14.8. The molecule has 138 valence electrons. The van der Waals surface area contributed by atoms with Crippen LogP contribution in [0.1, 0.15) is 23.5 Å². The fraction of sp³-hybridized carbons (Fsp3) is 0.263. The van der Waals surface area contributed by atoms with Crippen LogP contribution in [0, 0.1) is 6.92 Å². The van der Waals surface area contributed by atoms with E-state index in [1.54, 1.807) is 30.3 Å². The summed E-state index contributed by atoms with van der Waals surface area (Å²) < 4.78 is 15.3. The number of ether oxygens (including phenoxy) is 2. The summed E-state index contributed by atoms with van der Waals surface area (Å²) in [6, 6.07) is 6.87. The van der Waals surface area contributed by atoms with Gasteiger partial charge in [0.25, 0.3) is 0 Å². The SMILES string of the molecule is COC(=O)CCc1ccc(/C=C/C(=O)Nc2cc(C)c(Cl)cc2OC)o1. The summed E-state index contributed by atoms with van der Waals surface area (Å²) in [6.45, 7) is 1.84. The van der Waals surface area contributed by atoms with Gasteiger partial charge in [-0.2, -0.15) is 0 Å². The highest BCUT2D eigenvalue weighted by atomic mass is 35.5. The number of nitrogens with one attached hydrogen (secondary N) is 1. The van der Waals surface area contributed by atoms with Gasteiger partial charge in [0.05, 0.1) is 26.3 Å². The second-order valence-corrected chi connectivity index (χ2v) is 5.91. The van der Waals surface area contributed by atoms with Crippen LogP contribution >= 0.6 is 11.6 Å². The van der Waals surface area contributed by atoms with Crippen LogP contribution in [0.25, 0.3) is 6.08 Å². The van der Waals surface area contributed by atoms with Gasteiger partial charge >= 0.3 is 5.97 Å². The first kappa shape index (κ1) is 19.6. The van der Waals surface area contributed by atoms with Crippen molar-refractivity contribution < 1.29 is 23.5 Å². The van der Waals surface area contributed by atoms with Gasteiger partial charge in [-0.05, 0) is 36.8 Å². The van der Waals surface area contributed by atoms with E-state index in [0.29, 0.717) is 34.4 Å². The number of carbonyl (C=O) groups is 2. The number of furan rings is 1. The molecule has 0 fully saturated rings. The van der Waals surface area contributed by atoms with Gasteiger partial charge in [0.15, 0.2) is 0 Å². The number of hydrogen-bond acceptors (Lipinski definition) is 5. The lowest BCUT2D eigenvalue weighted by molar-refractivity contribution is -0.140. The van der Waals surface area contributed by atoms with Crippen molar-refractivity contribution in [3.63, 3.8) is 0 Å². The molecular weight excluding hydrogens is 358 g/mol. The van der Waals surface area contributed by atoms with Crippen LogP contribution in [0.5, 0.6) is 5.75 Å². The van der Waals surface area contributed by atoms with Gasteiger partial charge in [0.2, 0.25) is 5.91 Å². The molecule has 0 saturated heterocycles. The first-order chi connectivity index (χ1) is 12.4. The Bertz CT molecular complexity index is 825. The highest BCUT2D eigenvalue weighted by Gasteiger charge is 2.09. The normalized spacial score (nSPS) is 10.8. The lowest BCUT2D eigenvalue weighted by Crippen LogP contribution is -2.09. The van der Waals surface area contributed by atoms with Crippen molar-refractivity contribution in [3.05, 3.63) is 52.4 Å².